The molecule has 2 atom stereocenters. The number of carboxylic acid groups (broad SMARTS) is 1. The first-order chi connectivity index (χ1) is 29.4. The van der Waals surface area contributed by atoms with Gasteiger partial charge in [-0.2, -0.15) is 9.10 Å². The summed E-state index contributed by atoms with van der Waals surface area (Å²) in [6, 6.07) is 22.9. The van der Waals surface area contributed by atoms with Gasteiger partial charge in [-0.05, 0) is 82.9 Å². The number of ether oxygens (including phenoxy) is 3. The number of nitrogens with one attached hydrogen (secondary N) is 1. The topological polar surface area (TPSA) is 195 Å². The molecule has 2 N–H and O–H groups in total. The fraction of sp³-hybridized carbons (Fsp3) is 0.381. The number of piperidine rings is 1. The molecule has 0 radical (unpaired) electrons. The van der Waals surface area contributed by atoms with Crippen LogP contribution in [0.3, 0.4) is 0 Å². The number of hydrogen-bond donors (Lipinski definition) is 2. The highest BCUT2D eigenvalue weighted by Crippen LogP contribution is 2.42. The van der Waals surface area contributed by atoms with Gasteiger partial charge in [-0.3, -0.25) is 0 Å². The molecule has 0 spiro atoms. The molecule has 16 nitrogen and oxygen atoms in total. The Morgan fingerprint density at radius 3 is 1.85 bits per heavy atom. The summed E-state index contributed by atoms with van der Waals surface area (Å²) in [5, 5.41) is 24.9. The Balaban J connectivity index is 1.59. The predicted molar refractivity (Wildman–Crippen MR) is 235 cm³/mol. The molecule has 2 unspecified atom stereocenters. The third-order valence-corrected chi connectivity index (χ3v) is 16.4. The van der Waals surface area contributed by atoms with E-state index in [1.807, 2.05) is 31.8 Å². The van der Waals surface area contributed by atoms with E-state index in [2.05, 4.69) is 20.7 Å². The summed E-state index contributed by atoms with van der Waals surface area (Å²) in [5.41, 5.74) is 1.90. The van der Waals surface area contributed by atoms with Crippen LogP contribution in [-0.4, -0.2) is 113 Å². The second-order valence-electron chi connectivity index (χ2n) is 16.2. The van der Waals surface area contributed by atoms with Crippen LogP contribution < -0.4 is 24.4 Å². The van der Waals surface area contributed by atoms with E-state index >= 15 is 12.8 Å². The molecule has 20 heteroatoms. The van der Waals surface area contributed by atoms with Gasteiger partial charge in [0.1, 0.15) is 28.3 Å². The molecular formula is C42H52FN7O9S2Si. The van der Waals surface area contributed by atoms with Crippen molar-refractivity contribution in [2.45, 2.75) is 73.7 Å². The average molecular weight is 910 g/mol. The fourth-order valence-electron chi connectivity index (χ4n) is 7.06. The molecular weight excluding hydrogens is 858 g/mol. The van der Waals surface area contributed by atoms with Crippen molar-refractivity contribution in [3.8, 4) is 28.6 Å². The van der Waals surface area contributed by atoms with E-state index in [0.29, 0.717) is 34.4 Å². The normalized spacial score (nSPS) is 16.0. The monoisotopic (exact) mass is 909 g/mol. The number of anilines is 1. The van der Waals surface area contributed by atoms with Gasteiger partial charge in [0.2, 0.25) is 15.8 Å². The van der Waals surface area contributed by atoms with E-state index in [9.17, 15) is 18.3 Å². The molecule has 1 saturated heterocycles. The zero-order chi connectivity index (χ0) is 44.8. The summed E-state index contributed by atoms with van der Waals surface area (Å²) in [4.78, 5) is 13.3. The maximum Gasteiger partial charge on any atom is 0.404 e. The molecule has 1 amide bonds. The summed E-state index contributed by atoms with van der Waals surface area (Å²) in [5.74, 6) is 1.22. The van der Waals surface area contributed by atoms with Crippen molar-refractivity contribution in [3.05, 3.63) is 102 Å². The Bertz CT molecular complexity index is 2510. The lowest BCUT2D eigenvalue weighted by molar-refractivity contribution is 0.168. The molecule has 6 rings (SSSR count). The van der Waals surface area contributed by atoms with Gasteiger partial charge in [-0.1, -0.05) is 56.0 Å². The smallest absolute Gasteiger partial charge is 0.404 e. The van der Waals surface area contributed by atoms with Crippen molar-refractivity contribution in [1.29, 1.82) is 0 Å². The third kappa shape index (κ3) is 11.1. The molecule has 332 valence electrons. The molecule has 4 aromatic carbocycles. The largest absolute Gasteiger partial charge is 0.497 e. The summed E-state index contributed by atoms with van der Waals surface area (Å²) >= 11 is 0. The molecule has 0 aliphatic carbocycles. The number of tetrazole rings is 1. The van der Waals surface area contributed by atoms with E-state index in [-0.39, 0.29) is 62.0 Å². The van der Waals surface area contributed by atoms with Gasteiger partial charge in [-0.25, -0.2) is 26.0 Å². The van der Waals surface area contributed by atoms with Gasteiger partial charge >= 0.3 is 6.09 Å². The van der Waals surface area contributed by atoms with Crippen LogP contribution in [0.5, 0.6) is 17.2 Å². The minimum Gasteiger partial charge on any atom is -0.497 e. The second kappa shape index (κ2) is 19.2. The molecule has 5 aromatic rings. The Kier molecular flexibility index (Phi) is 14.2. The van der Waals surface area contributed by atoms with Crippen LogP contribution in [0.4, 0.5) is 14.9 Å². The van der Waals surface area contributed by atoms with Crippen LogP contribution in [0.1, 0.15) is 23.1 Å². The summed E-state index contributed by atoms with van der Waals surface area (Å²) in [7, 11) is -6.60. The molecule has 1 aliphatic rings. The minimum atomic E-state index is -4.87. The van der Waals surface area contributed by atoms with Crippen LogP contribution in [-0.2, 0) is 39.5 Å². The second-order valence-corrected chi connectivity index (χ2v) is 25.8. The van der Waals surface area contributed by atoms with E-state index < -0.39 is 56.0 Å². The maximum atomic E-state index is 15.9. The van der Waals surface area contributed by atoms with Gasteiger partial charge in [0.15, 0.2) is 9.84 Å². The van der Waals surface area contributed by atoms with E-state index in [1.54, 1.807) is 72.7 Å². The number of alkyl halides is 1. The lowest BCUT2D eigenvalue weighted by atomic mass is 10.0. The van der Waals surface area contributed by atoms with Crippen LogP contribution in [0.15, 0.2) is 94.7 Å². The summed E-state index contributed by atoms with van der Waals surface area (Å²) in [6.07, 6.45) is -3.04. The third-order valence-electron chi connectivity index (χ3n) is 10.5. The van der Waals surface area contributed by atoms with Gasteiger partial charge in [0.05, 0.1) is 56.7 Å². The Morgan fingerprint density at radius 2 is 1.37 bits per heavy atom. The number of halogens is 1. The van der Waals surface area contributed by atoms with Crippen LogP contribution >= 0.6 is 0 Å². The highest BCUT2D eigenvalue weighted by Gasteiger charge is 2.40. The van der Waals surface area contributed by atoms with Crippen molar-refractivity contribution in [3.63, 3.8) is 0 Å². The fourth-order valence-corrected chi connectivity index (χ4v) is 13.8. The van der Waals surface area contributed by atoms with Crippen molar-refractivity contribution in [2.24, 2.45) is 0 Å². The lowest BCUT2D eigenvalue weighted by Gasteiger charge is -2.37. The molecule has 1 aromatic heterocycles. The van der Waals surface area contributed by atoms with Crippen LogP contribution in [0, 0.1) is 0 Å². The highest BCUT2D eigenvalue weighted by atomic mass is 32.2. The highest BCUT2D eigenvalue weighted by molar-refractivity contribution is 7.93. The van der Waals surface area contributed by atoms with Crippen molar-refractivity contribution >= 4 is 39.7 Å². The Labute approximate surface area is 362 Å². The number of nitrogens with zero attached hydrogens (tertiary/aromatic N) is 6. The molecule has 2 heterocycles. The molecule has 1 aliphatic heterocycles. The van der Waals surface area contributed by atoms with Gasteiger partial charge in [0.25, 0.3) is 0 Å². The predicted octanol–water partition coefficient (Wildman–Crippen LogP) is 6.10. The average Bonchev–Trinajstić information content (AvgIpc) is 3.71. The van der Waals surface area contributed by atoms with Crippen molar-refractivity contribution < 1.29 is 45.3 Å². The minimum absolute atomic E-state index is 0.0317. The number of rotatable bonds is 18. The van der Waals surface area contributed by atoms with Gasteiger partial charge < -0.3 is 29.5 Å². The van der Waals surface area contributed by atoms with Gasteiger partial charge in [0, 0.05) is 33.4 Å². The number of hydrogen-bond acceptors (Lipinski definition) is 12. The number of methoxy groups -OCH3 is 3. The number of carbonyl (C=O) groups is 1. The first-order valence-corrected chi connectivity index (χ1v) is 26.7. The number of amides is 1. The Morgan fingerprint density at radius 1 is 0.839 bits per heavy atom. The van der Waals surface area contributed by atoms with Crippen LogP contribution in [0.2, 0.25) is 25.7 Å². The number of sulfone groups is 1. The van der Waals surface area contributed by atoms with Crippen molar-refractivity contribution in [1.82, 2.24) is 29.8 Å². The summed E-state index contributed by atoms with van der Waals surface area (Å²) in [6.45, 7) is 5.56. The zero-order valence-corrected chi connectivity index (χ0v) is 38.1. The summed E-state index contributed by atoms with van der Waals surface area (Å²) < 4.78 is 94.1. The van der Waals surface area contributed by atoms with Crippen molar-refractivity contribution in [2.75, 3.05) is 45.1 Å². The Hall–Kier alpha value is -5.57. The molecule has 1 fully saturated rings. The SMILES string of the molecule is COc1ccc(CN(Cc2ccc(OC)cc2)S(=O)(=O)c2c(S(=O)(=O)CC[Si](C)(C)C)ccc(N3CCC(NC(=O)O)C(F)C3)c2-c2nnn(Cc3ccc(OC)cc3)n2)cc1. The number of sulfonamides is 1. The van der Waals surface area contributed by atoms with E-state index in [0.717, 1.165) is 5.56 Å². The molecule has 0 saturated carbocycles. The van der Waals surface area contributed by atoms with Crippen LogP contribution in [0.25, 0.3) is 11.4 Å². The zero-order valence-electron chi connectivity index (χ0n) is 35.5. The van der Waals surface area contributed by atoms with E-state index in [1.165, 1.54) is 35.5 Å². The first kappa shape index (κ1) is 45.9. The number of aromatic nitrogens is 4. The number of benzene rings is 4. The maximum absolute atomic E-state index is 15.9. The van der Waals surface area contributed by atoms with E-state index in [4.69, 9.17) is 14.2 Å². The molecule has 0 bridgehead atoms. The quantitative estimate of drug-likeness (QED) is 0.0959. The molecule has 62 heavy (non-hydrogen) atoms. The first-order valence-electron chi connectivity index (χ1n) is 19.9. The van der Waals surface area contributed by atoms with Gasteiger partial charge in [-0.15, -0.1) is 10.2 Å². The standard InChI is InChI=1S/C42H52FN7O9S2Si/c1-57-32-13-7-29(8-14-32)25-49(26-30-9-15-33(58-2)16-10-30)61(55,56)40-38(60(53,54)23-24-62(4,5)6)20-19-37(48-22-21-36(35(43)28-48)44-42(51)52)39(40)41-45-47-50(46-41)27-31-11-17-34(59-3)18-12-31/h7-20,35-36,44H,21-28H2,1-6H3,(H,51,52). The lowest BCUT2D eigenvalue weighted by Crippen LogP contribution is -2.52.